The number of esters is 1. The first-order chi connectivity index (χ1) is 12.7. The van der Waals surface area contributed by atoms with Crippen LogP contribution < -0.4 is 5.32 Å². The van der Waals surface area contributed by atoms with E-state index in [0.29, 0.717) is 18.4 Å². The zero-order valence-corrected chi connectivity index (χ0v) is 15.8. The topological polar surface area (TPSA) is 38.3 Å². The lowest BCUT2D eigenvalue weighted by molar-refractivity contribution is -0.156. The molecule has 0 saturated heterocycles. The summed E-state index contributed by atoms with van der Waals surface area (Å²) < 4.78 is 5.44. The number of carbonyl (C=O) groups excluding carboxylic acids is 1. The first kappa shape index (κ1) is 17.5. The van der Waals surface area contributed by atoms with Crippen LogP contribution in [-0.4, -0.2) is 18.6 Å². The molecule has 3 aliphatic rings. The number of nitrogens with one attached hydrogen (secondary N) is 1. The van der Waals surface area contributed by atoms with Gasteiger partial charge in [-0.3, -0.25) is 4.79 Å². The second kappa shape index (κ2) is 7.40. The molecule has 0 radical (unpaired) electrons. The maximum Gasteiger partial charge on any atom is 0.310 e. The average Bonchev–Trinajstić information content (AvgIpc) is 2.68. The average molecular weight is 351 g/mol. The van der Waals surface area contributed by atoms with Gasteiger partial charge in [0.15, 0.2) is 0 Å². The first-order valence-electron chi connectivity index (χ1n) is 10.1. The Morgan fingerprint density at radius 1 is 1.08 bits per heavy atom. The van der Waals surface area contributed by atoms with Crippen LogP contribution in [0.2, 0.25) is 0 Å². The van der Waals surface area contributed by atoms with Crippen LogP contribution in [-0.2, 0) is 9.53 Å². The SMILES string of the molecule is CCOC(=O)[C@@H]1C2CCC(CC2)[C@@H]1N[C@@H](C)c1cccc2ccccc12. The molecule has 0 spiro atoms. The minimum Gasteiger partial charge on any atom is -0.466 e. The van der Waals surface area contributed by atoms with Crippen molar-refractivity contribution in [2.75, 3.05) is 6.61 Å². The molecule has 5 rings (SSSR count). The Morgan fingerprint density at radius 3 is 2.54 bits per heavy atom. The fraction of sp³-hybridized carbons (Fsp3) is 0.522. The van der Waals surface area contributed by atoms with E-state index in [2.05, 4.69) is 54.7 Å². The standard InChI is InChI=1S/C23H29NO2/c1-3-26-23(25)21-17-11-13-18(14-12-17)22(21)24-15(2)19-10-6-8-16-7-4-5-9-20(16)19/h4-10,15,17-18,21-22,24H,3,11-14H2,1-2H3/t15-,17?,18?,21+,22-/m0/s1. The lowest BCUT2D eigenvalue weighted by Gasteiger charge is -2.48. The molecule has 2 bridgehead atoms. The highest BCUT2D eigenvalue weighted by Gasteiger charge is 2.48. The van der Waals surface area contributed by atoms with E-state index in [1.54, 1.807) is 0 Å². The van der Waals surface area contributed by atoms with Gasteiger partial charge in [0, 0.05) is 12.1 Å². The molecule has 1 N–H and O–H groups in total. The third-order valence-corrected chi connectivity index (χ3v) is 6.51. The summed E-state index contributed by atoms with van der Waals surface area (Å²) in [6.45, 7) is 4.60. The molecule has 3 aliphatic carbocycles. The number of hydrogen-bond acceptors (Lipinski definition) is 3. The van der Waals surface area contributed by atoms with E-state index >= 15 is 0 Å². The van der Waals surface area contributed by atoms with E-state index in [1.165, 1.54) is 42.0 Å². The van der Waals surface area contributed by atoms with Crippen molar-refractivity contribution in [2.45, 2.75) is 51.6 Å². The minimum atomic E-state index is 0.00418. The van der Waals surface area contributed by atoms with Crippen LogP contribution in [0.4, 0.5) is 0 Å². The first-order valence-corrected chi connectivity index (χ1v) is 10.1. The number of hydrogen-bond donors (Lipinski definition) is 1. The Balaban J connectivity index is 1.60. The summed E-state index contributed by atoms with van der Waals surface area (Å²) in [5, 5.41) is 6.41. The Hall–Kier alpha value is -1.87. The molecular formula is C23H29NO2. The van der Waals surface area contributed by atoms with Crippen molar-refractivity contribution >= 4 is 16.7 Å². The molecule has 3 saturated carbocycles. The van der Waals surface area contributed by atoms with E-state index in [4.69, 9.17) is 4.74 Å². The third-order valence-electron chi connectivity index (χ3n) is 6.51. The fourth-order valence-corrected chi connectivity index (χ4v) is 5.27. The molecule has 0 amide bonds. The summed E-state index contributed by atoms with van der Waals surface area (Å²) in [4.78, 5) is 12.7. The quantitative estimate of drug-likeness (QED) is 0.782. The van der Waals surface area contributed by atoms with Gasteiger partial charge in [-0.15, -0.1) is 0 Å². The summed E-state index contributed by atoms with van der Waals surface area (Å²) in [6.07, 6.45) is 4.82. The van der Waals surface area contributed by atoms with Crippen LogP contribution in [0, 0.1) is 17.8 Å². The number of benzene rings is 2. The number of rotatable bonds is 5. The normalized spacial score (nSPS) is 28.8. The van der Waals surface area contributed by atoms with Crippen molar-refractivity contribution in [3.63, 3.8) is 0 Å². The maximum absolute atomic E-state index is 12.7. The Kier molecular flexibility index (Phi) is 4.99. The van der Waals surface area contributed by atoms with E-state index in [9.17, 15) is 4.79 Å². The molecule has 2 aromatic rings. The highest BCUT2D eigenvalue weighted by Crippen LogP contribution is 2.46. The maximum atomic E-state index is 12.7. The van der Waals surface area contributed by atoms with E-state index < -0.39 is 0 Å². The van der Waals surface area contributed by atoms with Crippen molar-refractivity contribution in [3.8, 4) is 0 Å². The molecule has 0 aliphatic heterocycles. The molecule has 3 atom stereocenters. The second-order valence-electron chi connectivity index (χ2n) is 7.94. The van der Waals surface area contributed by atoms with Gasteiger partial charge in [0.05, 0.1) is 12.5 Å². The number of fused-ring (bicyclic) bond motifs is 4. The highest BCUT2D eigenvalue weighted by atomic mass is 16.5. The molecule has 2 aromatic carbocycles. The number of ether oxygens (including phenoxy) is 1. The van der Waals surface area contributed by atoms with Crippen molar-refractivity contribution in [1.29, 1.82) is 0 Å². The van der Waals surface area contributed by atoms with E-state index in [1.807, 2.05) is 6.92 Å². The molecule has 3 heteroatoms. The lowest BCUT2D eigenvalue weighted by Crippen LogP contribution is -2.55. The number of carbonyl (C=O) groups is 1. The van der Waals surface area contributed by atoms with Gasteiger partial charge in [-0.2, -0.15) is 0 Å². The zero-order chi connectivity index (χ0) is 18.1. The van der Waals surface area contributed by atoms with Gasteiger partial charge in [0.25, 0.3) is 0 Å². The Morgan fingerprint density at radius 2 is 1.77 bits per heavy atom. The van der Waals surface area contributed by atoms with Crippen molar-refractivity contribution in [3.05, 3.63) is 48.0 Å². The highest BCUT2D eigenvalue weighted by molar-refractivity contribution is 5.86. The van der Waals surface area contributed by atoms with Crippen LogP contribution in [0.3, 0.4) is 0 Å². The van der Waals surface area contributed by atoms with Gasteiger partial charge in [-0.25, -0.2) is 0 Å². The Bertz CT molecular complexity index is 773. The third kappa shape index (κ3) is 3.14. The molecule has 0 aromatic heterocycles. The van der Waals surface area contributed by atoms with Gasteiger partial charge in [-0.05, 0) is 67.7 Å². The van der Waals surface area contributed by atoms with Crippen LogP contribution in [0.5, 0.6) is 0 Å². The summed E-state index contributed by atoms with van der Waals surface area (Å²) >= 11 is 0. The molecular weight excluding hydrogens is 322 g/mol. The van der Waals surface area contributed by atoms with Crippen LogP contribution in [0.25, 0.3) is 10.8 Å². The zero-order valence-electron chi connectivity index (χ0n) is 15.8. The predicted molar refractivity (Wildman–Crippen MR) is 105 cm³/mol. The molecule has 3 nitrogen and oxygen atoms in total. The van der Waals surface area contributed by atoms with Crippen molar-refractivity contribution < 1.29 is 9.53 Å². The van der Waals surface area contributed by atoms with Gasteiger partial charge < -0.3 is 10.1 Å². The van der Waals surface area contributed by atoms with Crippen LogP contribution >= 0.6 is 0 Å². The van der Waals surface area contributed by atoms with Crippen molar-refractivity contribution in [1.82, 2.24) is 5.32 Å². The molecule has 0 heterocycles. The summed E-state index contributed by atoms with van der Waals surface area (Å²) in [7, 11) is 0. The van der Waals surface area contributed by atoms with Gasteiger partial charge in [0.2, 0.25) is 0 Å². The van der Waals surface area contributed by atoms with Gasteiger partial charge in [-0.1, -0.05) is 42.5 Å². The molecule has 3 fully saturated rings. The van der Waals surface area contributed by atoms with Gasteiger partial charge >= 0.3 is 5.97 Å². The lowest BCUT2D eigenvalue weighted by atomic mass is 9.61. The Labute approximate surface area is 156 Å². The molecule has 26 heavy (non-hydrogen) atoms. The van der Waals surface area contributed by atoms with Crippen LogP contribution in [0.15, 0.2) is 42.5 Å². The van der Waals surface area contributed by atoms with Crippen molar-refractivity contribution in [2.24, 2.45) is 17.8 Å². The van der Waals surface area contributed by atoms with Gasteiger partial charge in [0.1, 0.15) is 0 Å². The predicted octanol–water partition coefficient (Wildman–Crippen LogP) is 4.86. The van der Waals surface area contributed by atoms with E-state index in [-0.39, 0.29) is 24.0 Å². The fourth-order valence-electron chi connectivity index (χ4n) is 5.27. The summed E-state index contributed by atoms with van der Waals surface area (Å²) in [5.41, 5.74) is 1.31. The van der Waals surface area contributed by atoms with Crippen LogP contribution in [0.1, 0.15) is 51.1 Å². The largest absolute Gasteiger partial charge is 0.466 e. The summed E-state index contributed by atoms with van der Waals surface area (Å²) in [5.74, 6) is 1.09. The monoisotopic (exact) mass is 351 g/mol. The molecule has 138 valence electrons. The summed E-state index contributed by atoms with van der Waals surface area (Å²) in [6, 6.07) is 15.5. The molecule has 0 unspecified atom stereocenters. The second-order valence-corrected chi connectivity index (χ2v) is 7.94. The smallest absolute Gasteiger partial charge is 0.310 e. The minimum absolute atomic E-state index is 0.00418. The van der Waals surface area contributed by atoms with E-state index in [0.717, 1.165) is 0 Å².